The van der Waals surface area contributed by atoms with Gasteiger partial charge >= 0.3 is 0 Å². The molecule has 0 radical (unpaired) electrons. The Morgan fingerprint density at radius 2 is 2.17 bits per heavy atom. The van der Waals surface area contributed by atoms with Crippen LogP contribution < -0.4 is 16.4 Å². The van der Waals surface area contributed by atoms with Crippen molar-refractivity contribution in [2.45, 2.75) is 24.8 Å². The average Bonchev–Trinajstić information content (AvgIpc) is 2.69. The summed E-state index contributed by atoms with van der Waals surface area (Å²) in [7, 11) is -1.96. The summed E-state index contributed by atoms with van der Waals surface area (Å²) in [5.74, 6) is -0.353. The van der Waals surface area contributed by atoms with Crippen molar-refractivity contribution in [1.82, 2.24) is 9.69 Å². The van der Waals surface area contributed by atoms with Gasteiger partial charge in [-0.05, 0) is 18.5 Å². The predicted octanol–water partition coefficient (Wildman–Crippen LogP) is 0.0653. The number of anilines is 2. The minimum absolute atomic E-state index is 0.0225. The highest BCUT2D eigenvalue weighted by atomic mass is 32.2. The van der Waals surface area contributed by atoms with E-state index in [1.54, 1.807) is 6.92 Å². The molecule has 9 heteroatoms. The Kier molecular flexibility index (Phi) is 4.52. The summed E-state index contributed by atoms with van der Waals surface area (Å²) in [6, 6.07) is -0.569. The fourth-order valence-corrected chi connectivity index (χ4v) is 3.55. The summed E-state index contributed by atoms with van der Waals surface area (Å²) >= 11 is 0.929. The number of nitrogen functional groups attached to an aromatic ring is 1. The minimum Gasteiger partial charge on any atom is -0.382 e. The number of hydrogen-bond acceptors (Lipinski definition) is 7. The summed E-state index contributed by atoms with van der Waals surface area (Å²) in [5.41, 5.74) is 5.57. The van der Waals surface area contributed by atoms with Gasteiger partial charge in [-0.15, -0.1) is 0 Å². The van der Waals surface area contributed by atoms with Crippen molar-refractivity contribution in [2.24, 2.45) is 0 Å². The van der Waals surface area contributed by atoms with Crippen LogP contribution >= 0.6 is 11.5 Å². The molecule has 0 fully saturated rings. The maximum Gasteiger partial charge on any atom is 0.241 e. The minimum atomic E-state index is -3.47. The van der Waals surface area contributed by atoms with Gasteiger partial charge in [0, 0.05) is 7.05 Å². The predicted molar refractivity (Wildman–Crippen MR) is 71.4 cm³/mol. The number of nitrogens with one attached hydrogen (secondary N) is 2. The third kappa shape index (κ3) is 2.91. The van der Waals surface area contributed by atoms with Crippen LogP contribution in [0.5, 0.6) is 0 Å². The van der Waals surface area contributed by atoms with Crippen LogP contribution in [0.3, 0.4) is 0 Å². The highest BCUT2D eigenvalue weighted by molar-refractivity contribution is 7.91. The van der Waals surface area contributed by atoms with Crippen molar-refractivity contribution in [1.29, 1.82) is 0 Å². The fourth-order valence-electron chi connectivity index (χ4n) is 1.31. The lowest BCUT2D eigenvalue weighted by Crippen LogP contribution is -2.35. The van der Waals surface area contributed by atoms with Crippen LogP contribution in [0.1, 0.15) is 13.8 Å². The number of likely N-dealkylation sites (N-methyl/N-ethyl adjacent to an activating group) is 1. The molecule has 18 heavy (non-hydrogen) atoms. The molecule has 1 amide bonds. The van der Waals surface area contributed by atoms with E-state index in [1.807, 2.05) is 0 Å². The summed E-state index contributed by atoms with van der Waals surface area (Å²) in [4.78, 5) is 11.4. The summed E-state index contributed by atoms with van der Waals surface area (Å²) in [6.07, 6.45) is 0. The molecule has 0 aliphatic carbocycles. The standard InChI is InChI=1S/C9H16N4O3S2/c1-4-18(15,16)6-7(10)13-17-9(6)12-5(2)8(14)11-3/h5,12H,4H2,1-3H3,(H2,10,13)(H,11,14). The Bertz CT molecular complexity index is 538. The van der Waals surface area contributed by atoms with E-state index in [4.69, 9.17) is 5.73 Å². The molecular weight excluding hydrogens is 276 g/mol. The summed E-state index contributed by atoms with van der Waals surface area (Å²) in [6.45, 7) is 3.15. The third-order valence-electron chi connectivity index (χ3n) is 2.35. The number of aromatic nitrogens is 1. The van der Waals surface area contributed by atoms with Crippen LogP contribution in [0.2, 0.25) is 0 Å². The van der Waals surface area contributed by atoms with E-state index in [0.29, 0.717) is 5.00 Å². The zero-order valence-electron chi connectivity index (χ0n) is 10.4. The second kappa shape index (κ2) is 5.53. The normalized spacial score (nSPS) is 13.1. The van der Waals surface area contributed by atoms with E-state index in [9.17, 15) is 13.2 Å². The Labute approximate surface area is 110 Å². The number of rotatable bonds is 5. The molecule has 102 valence electrons. The van der Waals surface area contributed by atoms with E-state index < -0.39 is 15.9 Å². The molecule has 0 spiro atoms. The van der Waals surface area contributed by atoms with Gasteiger partial charge in [-0.2, -0.15) is 4.37 Å². The Balaban J connectivity index is 3.09. The van der Waals surface area contributed by atoms with Gasteiger partial charge in [-0.25, -0.2) is 8.42 Å². The number of carbonyl (C=O) groups excluding carboxylic acids is 1. The Morgan fingerprint density at radius 3 is 2.67 bits per heavy atom. The molecular formula is C9H16N4O3S2. The molecule has 1 aromatic rings. The van der Waals surface area contributed by atoms with Crippen LogP contribution in [0.4, 0.5) is 10.8 Å². The first kappa shape index (κ1) is 14.7. The van der Waals surface area contributed by atoms with Crippen molar-refractivity contribution in [3.05, 3.63) is 0 Å². The van der Waals surface area contributed by atoms with Crippen molar-refractivity contribution < 1.29 is 13.2 Å². The summed E-state index contributed by atoms with van der Waals surface area (Å²) in [5, 5.41) is 5.57. The largest absolute Gasteiger partial charge is 0.382 e. The highest BCUT2D eigenvalue weighted by Crippen LogP contribution is 2.32. The molecule has 7 nitrogen and oxygen atoms in total. The zero-order chi connectivity index (χ0) is 13.9. The lowest BCUT2D eigenvalue weighted by Gasteiger charge is -2.13. The molecule has 0 aliphatic rings. The molecule has 0 saturated carbocycles. The van der Waals surface area contributed by atoms with Gasteiger partial charge in [0.2, 0.25) is 5.91 Å². The number of sulfone groups is 1. The second-order valence-electron chi connectivity index (χ2n) is 3.61. The second-order valence-corrected chi connectivity index (χ2v) is 6.60. The van der Waals surface area contributed by atoms with Gasteiger partial charge < -0.3 is 16.4 Å². The van der Waals surface area contributed by atoms with Crippen LogP contribution in [0, 0.1) is 0 Å². The Hall–Kier alpha value is -1.35. The first-order chi connectivity index (χ1) is 8.33. The number of amides is 1. The molecule has 4 N–H and O–H groups in total. The topological polar surface area (TPSA) is 114 Å². The van der Waals surface area contributed by atoms with Gasteiger partial charge in [-0.1, -0.05) is 6.92 Å². The monoisotopic (exact) mass is 292 g/mol. The summed E-state index contributed by atoms with van der Waals surface area (Å²) < 4.78 is 27.6. The first-order valence-corrected chi connectivity index (χ1v) is 7.72. The number of nitrogens with two attached hydrogens (primary N) is 1. The van der Waals surface area contributed by atoms with Gasteiger partial charge in [0.25, 0.3) is 0 Å². The molecule has 0 saturated heterocycles. The maximum atomic E-state index is 11.9. The zero-order valence-corrected chi connectivity index (χ0v) is 12.0. The van der Waals surface area contributed by atoms with E-state index >= 15 is 0 Å². The molecule has 1 rings (SSSR count). The van der Waals surface area contributed by atoms with Gasteiger partial charge in [0.15, 0.2) is 15.7 Å². The third-order valence-corrected chi connectivity index (χ3v) is 5.07. The SMILES string of the molecule is CCS(=O)(=O)c1c(N)nsc1NC(C)C(=O)NC. The lowest BCUT2D eigenvalue weighted by atomic mass is 10.3. The van der Waals surface area contributed by atoms with Gasteiger partial charge in [0.05, 0.1) is 5.75 Å². The molecule has 1 atom stereocenters. The van der Waals surface area contributed by atoms with Crippen molar-refractivity contribution in [2.75, 3.05) is 23.9 Å². The van der Waals surface area contributed by atoms with Crippen LogP contribution in [0.25, 0.3) is 0 Å². The smallest absolute Gasteiger partial charge is 0.241 e. The van der Waals surface area contributed by atoms with E-state index in [-0.39, 0.29) is 22.4 Å². The molecule has 1 heterocycles. The van der Waals surface area contributed by atoms with E-state index in [2.05, 4.69) is 15.0 Å². The van der Waals surface area contributed by atoms with Gasteiger partial charge in [-0.3, -0.25) is 4.79 Å². The van der Waals surface area contributed by atoms with E-state index in [1.165, 1.54) is 14.0 Å². The molecule has 0 aromatic carbocycles. The van der Waals surface area contributed by atoms with Crippen LogP contribution in [0.15, 0.2) is 4.90 Å². The molecule has 1 unspecified atom stereocenters. The quantitative estimate of drug-likeness (QED) is 0.707. The van der Waals surface area contributed by atoms with Crippen molar-refractivity contribution in [3.8, 4) is 0 Å². The maximum absolute atomic E-state index is 11.9. The number of hydrogen-bond donors (Lipinski definition) is 3. The van der Waals surface area contributed by atoms with E-state index in [0.717, 1.165) is 11.5 Å². The van der Waals surface area contributed by atoms with Crippen molar-refractivity contribution >= 4 is 38.1 Å². The van der Waals surface area contributed by atoms with Crippen molar-refractivity contribution in [3.63, 3.8) is 0 Å². The van der Waals surface area contributed by atoms with Crippen LogP contribution in [-0.4, -0.2) is 37.5 Å². The number of carbonyl (C=O) groups is 1. The number of nitrogens with zero attached hydrogens (tertiary/aromatic N) is 1. The Morgan fingerprint density at radius 1 is 1.56 bits per heavy atom. The van der Waals surface area contributed by atoms with Crippen LogP contribution in [-0.2, 0) is 14.6 Å². The molecule has 0 aliphatic heterocycles. The fraction of sp³-hybridized carbons (Fsp3) is 0.556. The molecule has 1 aromatic heterocycles. The molecule has 0 bridgehead atoms. The average molecular weight is 292 g/mol. The lowest BCUT2D eigenvalue weighted by molar-refractivity contribution is -0.121. The first-order valence-electron chi connectivity index (χ1n) is 5.29. The highest BCUT2D eigenvalue weighted by Gasteiger charge is 2.25. The van der Waals surface area contributed by atoms with Gasteiger partial charge in [0.1, 0.15) is 15.9 Å².